The first-order valence-electron chi connectivity index (χ1n) is 13.3. The van der Waals surface area contributed by atoms with Gasteiger partial charge in [-0.25, -0.2) is 14.2 Å². The molecule has 2 heterocycles. The Labute approximate surface area is 234 Å². The fraction of sp³-hybridized carbons (Fsp3) is 0.323. The van der Waals surface area contributed by atoms with E-state index in [4.69, 9.17) is 14.9 Å². The van der Waals surface area contributed by atoms with Crippen LogP contribution in [0.15, 0.2) is 66.1 Å². The average Bonchev–Trinajstić information content (AvgIpc) is 2.96. The minimum Gasteiger partial charge on any atom is -0.488 e. The molecule has 0 fully saturated rings. The van der Waals surface area contributed by atoms with E-state index in [1.807, 2.05) is 44.2 Å². The zero-order valence-corrected chi connectivity index (χ0v) is 23.0. The standard InChI is InChI=1S/C31H35FN4O4/c1-4-39-30(26(17-33)31(37)38)35-28-10-6-9-27(34-28)25-8-5-7-20(2)29(25)40-19-22-11-12-24-18-36(21(3)16-32)14-13-23(24)15-22/h5-12,15,17,21,33H,4,13-14,16,18-19H2,1-3H3,(H,34,35)(H,37,38)/b30-26-,33-17?. The van der Waals surface area contributed by atoms with Crippen molar-refractivity contribution in [1.29, 1.82) is 5.41 Å². The van der Waals surface area contributed by atoms with Gasteiger partial charge in [-0.1, -0.05) is 36.4 Å². The molecule has 0 saturated carbocycles. The Hall–Kier alpha value is -4.24. The maximum Gasteiger partial charge on any atom is 0.342 e. The van der Waals surface area contributed by atoms with Crippen LogP contribution in [0.1, 0.15) is 36.1 Å². The topological polar surface area (TPSA) is 108 Å². The van der Waals surface area contributed by atoms with Crippen LogP contribution < -0.4 is 10.1 Å². The third-order valence-electron chi connectivity index (χ3n) is 6.93. The second-order valence-corrected chi connectivity index (χ2v) is 9.73. The summed E-state index contributed by atoms with van der Waals surface area (Å²) in [5, 5.41) is 19.8. The van der Waals surface area contributed by atoms with Crippen molar-refractivity contribution >= 4 is 18.0 Å². The van der Waals surface area contributed by atoms with E-state index in [0.717, 1.165) is 42.4 Å². The number of alkyl halides is 1. The van der Waals surface area contributed by atoms with Crippen molar-refractivity contribution in [1.82, 2.24) is 9.88 Å². The van der Waals surface area contributed by atoms with Gasteiger partial charge in [0.05, 0.1) is 12.3 Å². The Balaban J connectivity index is 1.55. The number of rotatable bonds is 12. The third-order valence-corrected chi connectivity index (χ3v) is 6.93. The van der Waals surface area contributed by atoms with Crippen molar-refractivity contribution in [3.8, 4) is 17.0 Å². The van der Waals surface area contributed by atoms with Gasteiger partial charge >= 0.3 is 5.97 Å². The molecule has 0 aliphatic carbocycles. The highest BCUT2D eigenvalue weighted by Gasteiger charge is 2.21. The van der Waals surface area contributed by atoms with Crippen LogP contribution >= 0.6 is 0 Å². The summed E-state index contributed by atoms with van der Waals surface area (Å²) in [4.78, 5) is 18.4. The number of anilines is 1. The van der Waals surface area contributed by atoms with Crippen molar-refractivity contribution in [2.24, 2.45) is 0 Å². The lowest BCUT2D eigenvalue weighted by Crippen LogP contribution is -2.38. The van der Waals surface area contributed by atoms with Gasteiger partial charge in [0.1, 0.15) is 30.4 Å². The van der Waals surface area contributed by atoms with E-state index in [0.29, 0.717) is 23.9 Å². The number of hydrogen-bond donors (Lipinski definition) is 3. The smallest absolute Gasteiger partial charge is 0.342 e. The lowest BCUT2D eigenvalue weighted by Gasteiger charge is -2.32. The van der Waals surface area contributed by atoms with E-state index in [-0.39, 0.29) is 30.8 Å². The molecule has 3 N–H and O–H groups in total. The molecule has 1 aliphatic rings. The van der Waals surface area contributed by atoms with E-state index in [9.17, 15) is 14.3 Å². The summed E-state index contributed by atoms with van der Waals surface area (Å²) in [6, 6.07) is 17.5. The molecule has 2 aromatic carbocycles. The number of carboxylic acids is 1. The fourth-order valence-corrected chi connectivity index (χ4v) is 4.71. The molecule has 0 bridgehead atoms. The highest BCUT2D eigenvalue weighted by Crippen LogP contribution is 2.33. The molecule has 0 radical (unpaired) electrons. The molecule has 0 saturated heterocycles. The number of carbonyl (C=O) groups is 1. The highest BCUT2D eigenvalue weighted by molar-refractivity contribution is 6.08. The molecule has 1 atom stereocenters. The molecule has 1 aromatic heterocycles. The summed E-state index contributed by atoms with van der Waals surface area (Å²) >= 11 is 0. The zero-order valence-electron chi connectivity index (χ0n) is 23.0. The normalized spacial score (nSPS) is 14.5. The van der Waals surface area contributed by atoms with Gasteiger partial charge in [0.15, 0.2) is 0 Å². The van der Waals surface area contributed by atoms with Crippen LogP contribution in [0.25, 0.3) is 11.3 Å². The van der Waals surface area contributed by atoms with Crippen LogP contribution in [0.4, 0.5) is 10.2 Å². The van der Waals surface area contributed by atoms with Crippen molar-refractivity contribution in [2.75, 3.05) is 25.1 Å². The molecular weight excluding hydrogens is 511 g/mol. The number of hydrogen-bond acceptors (Lipinski definition) is 7. The summed E-state index contributed by atoms with van der Waals surface area (Å²) in [5.41, 5.74) is 5.65. The van der Waals surface area contributed by atoms with Gasteiger partial charge < -0.3 is 25.3 Å². The third kappa shape index (κ3) is 6.66. The predicted octanol–water partition coefficient (Wildman–Crippen LogP) is 5.75. The summed E-state index contributed by atoms with van der Waals surface area (Å²) < 4.78 is 25.0. The van der Waals surface area contributed by atoms with Crippen molar-refractivity contribution in [2.45, 2.75) is 46.4 Å². The van der Waals surface area contributed by atoms with Gasteiger partial charge in [0, 0.05) is 30.9 Å². The number of para-hydroxylation sites is 1. The van der Waals surface area contributed by atoms with E-state index in [1.54, 1.807) is 13.0 Å². The van der Waals surface area contributed by atoms with E-state index in [1.165, 1.54) is 11.1 Å². The minimum absolute atomic E-state index is 0.0509. The van der Waals surface area contributed by atoms with Gasteiger partial charge in [-0.3, -0.25) is 4.90 Å². The fourth-order valence-electron chi connectivity index (χ4n) is 4.71. The van der Waals surface area contributed by atoms with E-state index in [2.05, 4.69) is 33.4 Å². The van der Waals surface area contributed by atoms with Gasteiger partial charge in [-0.15, -0.1) is 0 Å². The number of nitrogens with zero attached hydrogens (tertiary/aromatic N) is 2. The number of benzene rings is 2. The summed E-state index contributed by atoms with van der Waals surface area (Å²) in [6.07, 6.45) is 1.62. The highest BCUT2D eigenvalue weighted by atomic mass is 19.1. The minimum atomic E-state index is -1.27. The van der Waals surface area contributed by atoms with Gasteiger partial charge in [-0.05, 0) is 67.6 Å². The summed E-state index contributed by atoms with van der Waals surface area (Å²) in [6.45, 7) is 7.49. The molecule has 3 aromatic rings. The van der Waals surface area contributed by atoms with Crippen LogP contribution in [0.3, 0.4) is 0 Å². The van der Waals surface area contributed by atoms with E-state index < -0.39 is 5.97 Å². The Morgan fingerprint density at radius 2 is 2.02 bits per heavy atom. The maximum atomic E-state index is 13.1. The number of aromatic nitrogens is 1. The number of ether oxygens (including phenoxy) is 2. The molecule has 1 aliphatic heterocycles. The number of fused-ring (bicyclic) bond motifs is 1. The van der Waals surface area contributed by atoms with Crippen LogP contribution in [-0.4, -0.2) is 53.0 Å². The first-order valence-corrected chi connectivity index (χ1v) is 13.3. The lowest BCUT2D eigenvalue weighted by molar-refractivity contribution is -0.132. The molecule has 210 valence electrons. The first kappa shape index (κ1) is 28.8. The van der Waals surface area contributed by atoms with Crippen molar-refractivity contribution < 1.29 is 23.8 Å². The van der Waals surface area contributed by atoms with Gasteiger partial charge in [0.2, 0.25) is 5.88 Å². The number of pyridine rings is 1. The van der Waals surface area contributed by atoms with Crippen molar-refractivity contribution in [3.63, 3.8) is 0 Å². The second-order valence-electron chi connectivity index (χ2n) is 9.73. The number of carboxylic acid groups (broad SMARTS) is 1. The van der Waals surface area contributed by atoms with Crippen LogP contribution in [-0.2, 0) is 29.1 Å². The quantitative estimate of drug-likeness (QED) is 0.151. The largest absolute Gasteiger partial charge is 0.488 e. The monoisotopic (exact) mass is 546 g/mol. The second kappa shape index (κ2) is 13.2. The molecule has 8 nitrogen and oxygen atoms in total. The number of nitrogens with one attached hydrogen (secondary N) is 2. The number of halogens is 1. The van der Waals surface area contributed by atoms with E-state index >= 15 is 0 Å². The molecular formula is C31H35FN4O4. The Bertz CT molecular complexity index is 1410. The first-order chi connectivity index (χ1) is 19.3. The molecule has 4 rings (SSSR count). The van der Waals surface area contributed by atoms with Crippen LogP contribution in [0.2, 0.25) is 0 Å². The van der Waals surface area contributed by atoms with Gasteiger partial charge in [0.25, 0.3) is 0 Å². The van der Waals surface area contributed by atoms with Crippen molar-refractivity contribution in [3.05, 3.63) is 88.3 Å². The molecule has 9 heteroatoms. The molecule has 0 spiro atoms. The SMILES string of the molecule is CCO/C(Nc1cccc(-c2cccc(C)c2OCc2ccc3c(c2)CCN(C(C)CF)C3)n1)=C(/C=N)C(=O)O. The predicted molar refractivity (Wildman–Crippen MR) is 153 cm³/mol. The molecule has 0 amide bonds. The average molecular weight is 547 g/mol. The number of aliphatic carboxylic acids is 1. The Morgan fingerprint density at radius 3 is 2.75 bits per heavy atom. The maximum absolute atomic E-state index is 13.1. The Kier molecular flexibility index (Phi) is 9.50. The molecule has 1 unspecified atom stereocenters. The Morgan fingerprint density at radius 1 is 1.23 bits per heavy atom. The molecule has 40 heavy (non-hydrogen) atoms. The summed E-state index contributed by atoms with van der Waals surface area (Å²) in [7, 11) is 0. The van der Waals surface area contributed by atoms with Crippen LogP contribution in [0.5, 0.6) is 5.75 Å². The zero-order chi connectivity index (χ0) is 28.6. The van der Waals surface area contributed by atoms with Crippen LogP contribution in [0, 0.1) is 12.3 Å². The lowest BCUT2D eigenvalue weighted by atomic mass is 9.96. The summed E-state index contributed by atoms with van der Waals surface area (Å²) in [5.74, 6) is -0.241. The van der Waals surface area contributed by atoms with Gasteiger partial charge in [-0.2, -0.15) is 0 Å². The number of aryl methyl sites for hydroxylation is 1.